The summed E-state index contributed by atoms with van der Waals surface area (Å²) in [6, 6.07) is 8.52. The predicted octanol–water partition coefficient (Wildman–Crippen LogP) is 3.13. The van der Waals surface area contributed by atoms with Crippen LogP contribution in [0, 0.1) is 0 Å². The van der Waals surface area contributed by atoms with E-state index < -0.39 is 0 Å². The standard InChI is InChI=1S/C13H20N2/c1-4-11-14-12-7-9-13(10-8-12)15(5-2)6-3/h4,7-10,14H,1,5-6,11H2,2-3H3. The lowest BCUT2D eigenvalue weighted by atomic mass is 10.2. The van der Waals surface area contributed by atoms with Crippen molar-refractivity contribution >= 4 is 11.4 Å². The number of hydrogen-bond acceptors (Lipinski definition) is 2. The van der Waals surface area contributed by atoms with Crippen molar-refractivity contribution in [2.45, 2.75) is 13.8 Å². The van der Waals surface area contributed by atoms with Gasteiger partial charge in [0.2, 0.25) is 0 Å². The highest BCUT2D eigenvalue weighted by Crippen LogP contribution is 2.17. The lowest BCUT2D eigenvalue weighted by Crippen LogP contribution is -2.21. The Kier molecular flexibility index (Phi) is 4.75. The minimum atomic E-state index is 0.810. The van der Waals surface area contributed by atoms with Crippen molar-refractivity contribution in [2.24, 2.45) is 0 Å². The van der Waals surface area contributed by atoms with Gasteiger partial charge in [-0.1, -0.05) is 6.08 Å². The summed E-state index contributed by atoms with van der Waals surface area (Å²) in [4.78, 5) is 2.33. The number of benzene rings is 1. The van der Waals surface area contributed by atoms with Crippen LogP contribution in [0.5, 0.6) is 0 Å². The van der Waals surface area contributed by atoms with Crippen LogP contribution in [0.15, 0.2) is 36.9 Å². The molecule has 1 rings (SSSR count). The molecule has 82 valence electrons. The Bertz CT molecular complexity index is 286. The van der Waals surface area contributed by atoms with Gasteiger partial charge >= 0.3 is 0 Å². The Labute approximate surface area is 92.6 Å². The van der Waals surface area contributed by atoms with Crippen LogP contribution in [0.1, 0.15) is 13.8 Å². The first kappa shape index (κ1) is 11.6. The van der Waals surface area contributed by atoms with E-state index in [1.807, 2.05) is 6.08 Å². The van der Waals surface area contributed by atoms with Gasteiger partial charge in [-0.3, -0.25) is 0 Å². The molecule has 0 aliphatic heterocycles. The van der Waals surface area contributed by atoms with Crippen LogP contribution in [0.25, 0.3) is 0 Å². The highest BCUT2D eigenvalue weighted by Gasteiger charge is 2.00. The lowest BCUT2D eigenvalue weighted by Gasteiger charge is -2.21. The van der Waals surface area contributed by atoms with E-state index in [4.69, 9.17) is 0 Å². The molecule has 0 atom stereocenters. The van der Waals surface area contributed by atoms with Gasteiger partial charge in [0, 0.05) is 31.0 Å². The quantitative estimate of drug-likeness (QED) is 0.716. The molecule has 2 heteroatoms. The highest BCUT2D eigenvalue weighted by atomic mass is 15.1. The molecule has 0 spiro atoms. The largest absolute Gasteiger partial charge is 0.382 e. The summed E-state index contributed by atoms with van der Waals surface area (Å²) in [7, 11) is 0. The number of anilines is 2. The Morgan fingerprint density at radius 1 is 1.20 bits per heavy atom. The molecule has 0 saturated carbocycles. The first-order valence-corrected chi connectivity index (χ1v) is 5.51. The molecule has 0 amide bonds. The van der Waals surface area contributed by atoms with Crippen molar-refractivity contribution in [2.75, 3.05) is 29.9 Å². The smallest absolute Gasteiger partial charge is 0.0367 e. The zero-order chi connectivity index (χ0) is 11.1. The van der Waals surface area contributed by atoms with Crippen molar-refractivity contribution in [3.8, 4) is 0 Å². The fourth-order valence-electron chi connectivity index (χ4n) is 1.57. The molecule has 0 aliphatic rings. The van der Waals surface area contributed by atoms with Crippen molar-refractivity contribution in [3.05, 3.63) is 36.9 Å². The van der Waals surface area contributed by atoms with E-state index in [9.17, 15) is 0 Å². The normalized spacial score (nSPS) is 9.73. The van der Waals surface area contributed by atoms with Gasteiger partial charge in [-0.15, -0.1) is 6.58 Å². The summed E-state index contributed by atoms with van der Waals surface area (Å²) in [5.74, 6) is 0. The van der Waals surface area contributed by atoms with Crippen LogP contribution in [-0.2, 0) is 0 Å². The van der Waals surface area contributed by atoms with Gasteiger partial charge in [0.1, 0.15) is 0 Å². The number of hydrogen-bond donors (Lipinski definition) is 1. The van der Waals surface area contributed by atoms with Crippen LogP contribution in [-0.4, -0.2) is 19.6 Å². The molecule has 0 radical (unpaired) electrons. The van der Waals surface area contributed by atoms with Gasteiger partial charge in [0.15, 0.2) is 0 Å². The predicted molar refractivity (Wildman–Crippen MR) is 68.7 cm³/mol. The Balaban J connectivity index is 2.66. The Morgan fingerprint density at radius 3 is 2.27 bits per heavy atom. The summed E-state index contributed by atoms with van der Waals surface area (Å²) in [5.41, 5.74) is 2.43. The van der Waals surface area contributed by atoms with Crippen molar-refractivity contribution in [1.82, 2.24) is 0 Å². The fourth-order valence-corrected chi connectivity index (χ4v) is 1.57. The maximum atomic E-state index is 3.68. The van der Waals surface area contributed by atoms with Gasteiger partial charge < -0.3 is 10.2 Å². The Morgan fingerprint density at radius 2 is 1.80 bits per heavy atom. The summed E-state index contributed by atoms with van der Waals surface area (Å²) in [6.07, 6.45) is 1.86. The average molecular weight is 204 g/mol. The maximum Gasteiger partial charge on any atom is 0.0367 e. The van der Waals surface area contributed by atoms with E-state index in [-0.39, 0.29) is 0 Å². The van der Waals surface area contributed by atoms with E-state index in [0.717, 1.165) is 25.3 Å². The molecule has 15 heavy (non-hydrogen) atoms. The second kappa shape index (κ2) is 6.12. The zero-order valence-electron chi connectivity index (χ0n) is 9.66. The fraction of sp³-hybridized carbons (Fsp3) is 0.385. The molecular formula is C13H20N2. The first-order chi connectivity index (χ1) is 7.31. The molecule has 0 aromatic heterocycles. The maximum absolute atomic E-state index is 3.68. The molecule has 0 fully saturated rings. The number of rotatable bonds is 6. The van der Waals surface area contributed by atoms with Gasteiger partial charge in [0.05, 0.1) is 0 Å². The van der Waals surface area contributed by atoms with E-state index in [2.05, 4.69) is 54.9 Å². The van der Waals surface area contributed by atoms with E-state index in [1.54, 1.807) is 0 Å². The molecule has 1 N–H and O–H groups in total. The average Bonchev–Trinajstić information content (AvgIpc) is 2.29. The molecule has 0 bridgehead atoms. The van der Waals surface area contributed by atoms with Crippen LogP contribution in [0.2, 0.25) is 0 Å². The van der Waals surface area contributed by atoms with Crippen LogP contribution >= 0.6 is 0 Å². The highest BCUT2D eigenvalue weighted by molar-refractivity contribution is 5.55. The summed E-state index contributed by atoms with van der Waals surface area (Å²) in [5, 5.41) is 3.26. The minimum Gasteiger partial charge on any atom is -0.382 e. The molecule has 0 unspecified atom stereocenters. The van der Waals surface area contributed by atoms with E-state index in [0.29, 0.717) is 0 Å². The van der Waals surface area contributed by atoms with Gasteiger partial charge in [0.25, 0.3) is 0 Å². The third-order valence-electron chi connectivity index (χ3n) is 2.45. The third-order valence-corrected chi connectivity index (χ3v) is 2.45. The monoisotopic (exact) mass is 204 g/mol. The zero-order valence-corrected chi connectivity index (χ0v) is 9.66. The molecule has 1 aromatic rings. The summed E-state index contributed by atoms with van der Waals surface area (Å²) in [6.45, 7) is 10.9. The summed E-state index contributed by atoms with van der Waals surface area (Å²) >= 11 is 0. The molecule has 0 saturated heterocycles. The molecule has 0 aliphatic carbocycles. The van der Waals surface area contributed by atoms with Gasteiger partial charge in [-0.05, 0) is 38.1 Å². The van der Waals surface area contributed by atoms with Crippen LogP contribution in [0.4, 0.5) is 11.4 Å². The van der Waals surface area contributed by atoms with Crippen LogP contribution < -0.4 is 10.2 Å². The van der Waals surface area contributed by atoms with Crippen molar-refractivity contribution in [3.63, 3.8) is 0 Å². The molecule has 2 nitrogen and oxygen atoms in total. The number of nitrogens with zero attached hydrogens (tertiary/aromatic N) is 1. The molecule has 1 aromatic carbocycles. The Hall–Kier alpha value is -1.44. The van der Waals surface area contributed by atoms with Gasteiger partial charge in [-0.2, -0.15) is 0 Å². The van der Waals surface area contributed by atoms with Gasteiger partial charge in [-0.25, -0.2) is 0 Å². The topological polar surface area (TPSA) is 15.3 Å². The lowest BCUT2D eigenvalue weighted by molar-refractivity contribution is 0.866. The van der Waals surface area contributed by atoms with Crippen molar-refractivity contribution < 1.29 is 0 Å². The van der Waals surface area contributed by atoms with Crippen LogP contribution in [0.3, 0.4) is 0 Å². The van der Waals surface area contributed by atoms with Crippen molar-refractivity contribution in [1.29, 1.82) is 0 Å². The molecule has 0 heterocycles. The SMILES string of the molecule is C=CCNc1ccc(N(CC)CC)cc1. The summed E-state index contributed by atoms with van der Waals surface area (Å²) < 4.78 is 0. The molecular weight excluding hydrogens is 184 g/mol. The second-order valence-electron chi connectivity index (χ2n) is 3.39. The third kappa shape index (κ3) is 3.31. The van der Waals surface area contributed by atoms with E-state index >= 15 is 0 Å². The number of nitrogens with one attached hydrogen (secondary N) is 1. The second-order valence-corrected chi connectivity index (χ2v) is 3.39. The minimum absolute atomic E-state index is 0.810. The first-order valence-electron chi connectivity index (χ1n) is 5.51. The van der Waals surface area contributed by atoms with E-state index in [1.165, 1.54) is 5.69 Å².